The van der Waals surface area contributed by atoms with Crippen molar-refractivity contribution in [1.82, 2.24) is 10.3 Å². The zero-order chi connectivity index (χ0) is 14.9. The van der Waals surface area contributed by atoms with Crippen molar-refractivity contribution in [3.63, 3.8) is 0 Å². The zero-order valence-corrected chi connectivity index (χ0v) is 13.1. The highest BCUT2D eigenvalue weighted by Gasteiger charge is 2.39. The minimum Gasteiger partial charge on any atom is -0.361 e. The molecular formula is C18H19FN2S. The van der Waals surface area contributed by atoms with E-state index in [1.54, 1.807) is 6.07 Å². The molecule has 114 valence electrons. The lowest BCUT2D eigenvalue weighted by molar-refractivity contribution is 0.627. The smallest absolute Gasteiger partial charge is 0.123 e. The van der Waals surface area contributed by atoms with Gasteiger partial charge in [-0.1, -0.05) is 6.07 Å². The molecule has 0 spiro atoms. The summed E-state index contributed by atoms with van der Waals surface area (Å²) in [6.07, 6.45) is 4.36. The summed E-state index contributed by atoms with van der Waals surface area (Å²) < 4.78 is 13.4. The van der Waals surface area contributed by atoms with E-state index >= 15 is 0 Å². The third kappa shape index (κ3) is 2.81. The Morgan fingerprint density at radius 1 is 1.32 bits per heavy atom. The van der Waals surface area contributed by atoms with Gasteiger partial charge in [-0.05, 0) is 73.0 Å². The van der Waals surface area contributed by atoms with E-state index in [0.29, 0.717) is 11.8 Å². The van der Waals surface area contributed by atoms with Crippen molar-refractivity contribution in [2.75, 3.05) is 13.1 Å². The van der Waals surface area contributed by atoms with Gasteiger partial charge in [0.2, 0.25) is 0 Å². The molecule has 0 unspecified atom stereocenters. The van der Waals surface area contributed by atoms with E-state index in [2.05, 4.69) is 34.0 Å². The molecule has 2 N–H and O–H groups in total. The SMILES string of the molecule is Fc1ccc2[nH]cc([C@@H]3C[C@H]3CNCCc3cccs3)c2c1. The van der Waals surface area contributed by atoms with Gasteiger partial charge in [0, 0.05) is 22.0 Å². The van der Waals surface area contributed by atoms with Crippen LogP contribution in [0.25, 0.3) is 10.9 Å². The van der Waals surface area contributed by atoms with E-state index in [1.807, 2.05) is 17.4 Å². The van der Waals surface area contributed by atoms with Crippen LogP contribution in [-0.4, -0.2) is 18.1 Å². The van der Waals surface area contributed by atoms with Crippen LogP contribution in [0.3, 0.4) is 0 Å². The highest BCUT2D eigenvalue weighted by Crippen LogP contribution is 2.49. The number of halogens is 1. The van der Waals surface area contributed by atoms with E-state index in [4.69, 9.17) is 0 Å². The Morgan fingerprint density at radius 2 is 2.27 bits per heavy atom. The molecule has 0 radical (unpaired) electrons. The molecule has 0 saturated heterocycles. The zero-order valence-electron chi connectivity index (χ0n) is 12.3. The fraction of sp³-hybridized carbons (Fsp3) is 0.333. The van der Waals surface area contributed by atoms with Gasteiger partial charge in [-0.15, -0.1) is 11.3 Å². The largest absolute Gasteiger partial charge is 0.361 e. The number of fused-ring (bicyclic) bond motifs is 1. The minimum absolute atomic E-state index is 0.153. The normalized spacial score (nSPS) is 20.6. The van der Waals surface area contributed by atoms with Crippen LogP contribution in [0, 0.1) is 11.7 Å². The predicted octanol–water partition coefficient (Wildman–Crippen LogP) is 4.30. The Balaban J connectivity index is 1.32. The molecule has 1 aromatic carbocycles. The van der Waals surface area contributed by atoms with Crippen molar-refractivity contribution in [2.24, 2.45) is 5.92 Å². The van der Waals surface area contributed by atoms with Crippen LogP contribution >= 0.6 is 11.3 Å². The number of aromatic nitrogens is 1. The van der Waals surface area contributed by atoms with E-state index in [1.165, 1.54) is 22.9 Å². The number of thiophene rings is 1. The van der Waals surface area contributed by atoms with E-state index in [0.717, 1.165) is 30.4 Å². The average Bonchev–Trinajstić information content (AvgIpc) is 2.94. The summed E-state index contributed by atoms with van der Waals surface area (Å²) in [4.78, 5) is 4.69. The van der Waals surface area contributed by atoms with E-state index in [-0.39, 0.29) is 5.82 Å². The molecule has 2 aromatic heterocycles. The Labute approximate surface area is 133 Å². The second-order valence-electron chi connectivity index (χ2n) is 6.07. The first-order chi connectivity index (χ1) is 10.8. The maximum Gasteiger partial charge on any atom is 0.123 e. The number of H-pyrrole nitrogens is 1. The first kappa shape index (κ1) is 14.0. The molecule has 1 aliphatic rings. The Hall–Kier alpha value is -1.65. The topological polar surface area (TPSA) is 27.8 Å². The van der Waals surface area contributed by atoms with Crippen LogP contribution in [0.15, 0.2) is 41.9 Å². The maximum absolute atomic E-state index is 13.4. The summed E-state index contributed by atoms with van der Waals surface area (Å²) >= 11 is 1.82. The maximum atomic E-state index is 13.4. The first-order valence-corrected chi connectivity index (χ1v) is 8.69. The Bertz CT molecular complexity index is 763. The second kappa shape index (κ2) is 5.86. The highest BCUT2D eigenvalue weighted by molar-refractivity contribution is 7.09. The van der Waals surface area contributed by atoms with Crippen molar-refractivity contribution >= 4 is 22.2 Å². The number of rotatable bonds is 6. The molecule has 0 aliphatic heterocycles. The summed E-state index contributed by atoms with van der Waals surface area (Å²) in [5.41, 5.74) is 2.31. The molecule has 1 aliphatic carbocycles. The molecule has 0 amide bonds. The predicted molar refractivity (Wildman–Crippen MR) is 90.0 cm³/mol. The Morgan fingerprint density at radius 3 is 3.14 bits per heavy atom. The molecule has 1 fully saturated rings. The van der Waals surface area contributed by atoms with Crippen molar-refractivity contribution in [3.05, 3.63) is 58.2 Å². The second-order valence-corrected chi connectivity index (χ2v) is 7.10. The van der Waals surface area contributed by atoms with Gasteiger partial charge in [0.15, 0.2) is 0 Å². The fourth-order valence-corrected chi connectivity index (χ4v) is 3.94. The van der Waals surface area contributed by atoms with Gasteiger partial charge >= 0.3 is 0 Å². The summed E-state index contributed by atoms with van der Waals surface area (Å²) in [6, 6.07) is 9.28. The number of nitrogens with one attached hydrogen (secondary N) is 2. The van der Waals surface area contributed by atoms with Crippen LogP contribution in [0.5, 0.6) is 0 Å². The van der Waals surface area contributed by atoms with Gasteiger partial charge in [0.05, 0.1) is 0 Å². The summed E-state index contributed by atoms with van der Waals surface area (Å²) in [5.74, 6) is 1.11. The summed E-state index contributed by atoms with van der Waals surface area (Å²) in [7, 11) is 0. The van der Waals surface area contributed by atoms with E-state index in [9.17, 15) is 4.39 Å². The molecule has 4 rings (SSSR count). The summed E-state index contributed by atoms with van der Waals surface area (Å²) in [6.45, 7) is 2.09. The number of benzene rings is 1. The van der Waals surface area contributed by atoms with Gasteiger partial charge in [0.1, 0.15) is 5.82 Å². The van der Waals surface area contributed by atoms with Crippen LogP contribution in [0.1, 0.15) is 22.8 Å². The Kier molecular flexibility index (Phi) is 3.72. The molecule has 2 heterocycles. The lowest BCUT2D eigenvalue weighted by atomic mass is 10.1. The molecule has 0 bridgehead atoms. The third-order valence-electron chi connectivity index (χ3n) is 4.53. The molecule has 2 nitrogen and oxygen atoms in total. The lowest BCUT2D eigenvalue weighted by Crippen LogP contribution is -2.20. The van der Waals surface area contributed by atoms with Crippen LogP contribution < -0.4 is 5.32 Å². The monoisotopic (exact) mass is 314 g/mol. The third-order valence-corrected chi connectivity index (χ3v) is 5.47. The minimum atomic E-state index is -0.153. The highest BCUT2D eigenvalue weighted by atomic mass is 32.1. The molecule has 1 saturated carbocycles. The molecule has 22 heavy (non-hydrogen) atoms. The van der Waals surface area contributed by atoms with Crippen LogP contribution in [0.2, 0.25) is 0 Å². The van der Waals surface area contributed by atoms with Gasteiger partial charge in [-0.3, -0.25) is 0 Å². The van der Waals surface area contributed by atoms with Crippen molar-refractivity contribution in [2.45, 2.75) is 18.8 Å². The number of aromatic amines is 1. The van der Waals surface area contributed by atoms with Crippen LogP contribution in [0.4, 0.5) is 4.39 Å². The van der Waals surface area contributed by atoms with Gasteiger partial charge in [0.25, 0.3) is 0 Å². The van der Waals surface area contributed by atoms with Gasteiger partial charge in [-0.25, -0.2) is 4.39 Å². The first-order valence-electron chi connectivity index (χ1n) is 7.81. The van der Waals surface area contributed by atoms with Gasteiger partial charge in [-0.2, -0.15) is 0 Å². The van der Waals surface area contributed by atoms with Gasteiger partial charge < -0.3 is 10.3 Å². The molecular weight excluding hydrogens is 295 g/mol. The quantitative estimate of drug-likeness (QED) is 0.652. The van der Waals surface area contributed by atoms with E-state index < -0.39 is 0 Å². The number of hydrogen-bond donors (Lipinski definition) is 2. The average molecular weight is 314 g/mol. The van der Waals surface area contributed by atoms with Crippen molar-refractivity contribution in [1.29, 1.82) is 0 Å². The van der Waals surface area contributed by atoms with Crippen LogP contribution in [-0.2, 0) is 6.42 Å². The summed E-state index contributed by atoms with van der Waals surface area (Å²) in [5, 5.41) is 6.73. The molecule has 2 atom stereocenters. The number of hydrogen-bond acceptors (Lipinski definition) is 2. The standard InChI is InChI=1S/C18H19FN2S/c19-13-3-4-18-16(9-13)17(11-21-18)15-8-12(15)10-20-6-5-14-2-1-7-22-14/h1-4,7,9,11-12,15,20-21H,5-6,8,10H2/t12-,15+/m0/s1. The lowest BCUT2D eigenvalue weighted by Gasteiger charge is -2.03. The van der Waals surface area contributed by atoms with Crippen molar-refractivity contribution < 1.29 is 4.39 Å². The molecule has 4 heteroatoms. The molecule has 3 aromatic rings. The van der Waals surface area contributed by atoms with Crippen molar-refractivity contribution in [3.8, 4) is 0 Å². The fourth-order valence-electron chi connectivity index (χ4n) is 3.23.